The minimum absolute atomic E-state index is 0.0288. The molecule has 0 aliphatic carbocycles. The largest absolute Gasteiger partial charge is 0.508 e. The number of nitro benzene ring substituents is 1. The van der Waals surface area contributed by atoms with E-state index >= 15 is 0 Å². The van der Waals surface area contributed by atoms with Gasteiger partial charge in [0.2, 0.25) is 0 Å². The van der Waals surface area contributed by atoms with Crippen molar-refractivity contribution >= 4 is 23.4 Å². The molecule has 1 aliphatic rings. The van der Waals surface area contributed by atoms with Gasteiger partial charge in [-0.25, -0.2) is 9.59 Å². The van der Waals surface area contributed by atoms with Gasteiger partial charge in [0.25, 0.3) is 11.2 Å². The number of nitro groups is 1. The highest BCUT2D eigenvalue weighted by Crippen LogP contribution is 2.31. The Morgan fingerprint density at radius 2 is 2.18 bits per heavy atom. The highest BCUT2D eigenvalue weighted by Gasteiger charge is 2.39. The zero-order chi connectivity index (χ0) is 24.3. The number of rotatable bonds is 7. The van der Waals surface area contributed by atoms with Crippen molar-refractivity contribution in [3.8, 4) is 0 Å². The Labute approximate surface area is 191 Å². The third-order valence-electron chi connectivity index (χ3n) is 5.23. The van der Waals surface area contributed by atoms with Gasteiger partial charge in [0.1, 0.15) is 25.0 Å². The number of aryl methyl sites for hydroxylation is 1. The van der Waals surface area contributed by atoms with Crippen molar-refractivity contribution in [2.24, 2.45) is 0 Å². The lowest BCUT2D eigenvalue weighted by atomic mass is 10.0. The molecule has 4 atom stereocenters. The molecular weight excluding hydrogens is 462 g/mol. The number of hydrogen-bond acceptors (Lipinski definition) is 9. The van der Waals surface area contributed by atoms with Crippen LogP contribution in [0.2, 0.25) is 5.02 Å². The smallest absolute Gasteiger partial charge is 0.434 e. The number of carbonyl (C=O) groups excluding carboxylic acids is 1. The Morgan fingerprint density at radius 3 is 2.85 bits per heavy atom. The minimum atomic E-state index is -1.07. The molecule has 2 N–H and O–H groups in total. The Morgan fingerprint density at radius 1 is 1.45 bits per heavy atom. The first kappa shape index (κ1) is 24.4. The summed E-state index contributed by atoms with van der Waals surface area (Å²) >= 11 is 5.93. The lowest BCUT2D eigenvalue weighted by molar-refractivity contribution is -0.385. The minimum Gasteiger partial charge on any atom is -0.434 e. The van der Waals surface area contributed by atoms with Crippen LogP contribution >= 0.6 is 11.6 Å². The summed E-state index contributed by atoms with van der Waals surface area (Å²) in [5, 5.41) is 21.1. The Bertz CT molecular complexity index is 1160. The number of benzene rings is 1. The predicted octanol–water partition coefficient (Wildman–Crippen LogP) is 2.01. The number of halogens is 1. The van der Waals surface area contributed by atoms with Gasteiger partial charge in [0.05, 0.1) is 11.5 Å². The molecule has 1 aromatic heterocycles. The summed E-state index contributed by atoms with van der Waals surface area (Å²) in [4.78, 5) is 48.7. The van der Waals surface area contributed by atoms with Crippen molar-refractivity contribution in [3.05, 3.63) is 71.5 Å². The number of aliphatic hydroxyl groups is 1. The number of hydrogen-bond donors (Lipinski definition) is 2. The van der Waals surface area contributed by atoms with Crippen molar-refractivity contribution in [2.45, 2.75) is 44.6 Å². The lowest BCUT2D eigenvalue weighted by Crippen LogP contribution is -2.33. The molecule has 1 aromatic carbocycles. The van der Waals surface area contributed by atoms with Crippen LogP contribution in [-0.4, -0.2) is 51.2 Å². The van der Waals surface area contributed by atoms with Gasteiger partial charge in [-0.05, 0) is 19.1 Å². The van der Waals surface area contributed by atoms with Crippen LogP contribution in [0.3, 0.4) is 0 Å². The summed E-state index contributed by atoms with van der Waals surface area (Å²) in [5.74, 6) is -0.555. The number of H-pyrrole nitrogens is 1. The molecule has 0 radical (unpaired) electrons. The van der Waals surface area contributed by atoms with E-state index in [-0.39, 0.29) is 24.3 Å². The van der Waals surface area contributed by atoms with E-state index in [0.29, 0.717) is 10.6 Å². The zero-order valence-corrected chi connectivity index (χ0v) is 18.5. The summed E-state index contributed by atoms with van der Waals surface area (Å²) in [6.45, 7) is 2.43. The Hall–Kier alpha value is -3.22. The lowest BCUT2D eigenvalue weighted by Gasteiger charge is -2.17. The molecule has 0 amide bonds. The molecule has 2 heterocycles. The number of nitrogens with one attached hydrogen (secondary N) is 1. The van der Waals surface area contributed by atoms with E-state index in [9.17, 15) is 29.6 Å². The van der Waals surface area contributed by atoms with Crippen molar-refractivity contribution in [2.75, 3.05) is 13.2 Å². The van der Waals surface area contributed by atoms with Crippen molar-refractivity contribution in [3.63, 3.8) is 0 Å². The van der Waals surface area contributed by atoms with E-state index in [0.717, 1.165) is 4.57 Å². The van der Waals surface area contributed by atoms with Crippen molar-refractivity contribution in [1.29, 1.82) is 0 Å². The number of aliphatic hydroxyl groups excluding tert-OH is 1. The van der Waals surface area contributed by atoms with Crippen LogP contribution in [0.25, 0.3) is 0 Å². The number of ether oxygens (including phenoxy) is 3. The number of carbonyl (C=O) groups is 1. The topological polar surface area (TPSA) is 163 Å². The maximum atomic E-state index is 12.2. The fraction of sp³-hybridized carbons (Fsp3) is 0.450. The fourth-order valence-electron chi connectivity index (χ4n) is 3.49. The highest BCUT2D eigenvalue weighted by molar-refractivity contribution is 6.30. The summed E-state index contributed by atoms with van der Waals surface area (Å²) in [6.07, 6.45) is -2.45. The van der Waals surface area contributed by atoms with Gasteiger partial charge in [-0.15, -0.1) is 0 Å². The van der Waals surface area contributed by atoms with Gasteiger partial charge >= 0.3 is 11.8 Å². The third-order valence-corrected chi connectivity index (χ3v) is 5.47. The third kappa shape index (κ3) is 5.59. The number of aromatic nitrogens is 2. The first-order valence-corrected chi connectivity index (χ1v) is 10.3. The molecule has 2 unspecified atom stereocenters. The van der Waals surface area contributed by atoms with Gasteiger partial charge in [-0.1, -0.05) is 18.5 Å². The molecule has 1 aliphatic heterocycles. The second kappa shape index (κ2) is 10.1. The van der Waals surface area contributed by atoms with E-state index in [1.165, 1.54) is 31.3 Å². The normalized spacial score (nSPS) is 20.9. The predicted molar refractivity (Wildman–Crippen MR) is 114 cm³/mol. The van der Waals surface area contributed by atoms with Gasteiger partial charge in [-0.3, -0.25) is 24.5 Å². The van der Waals surface area contributed by atoms with E-state index in [1.807, 2.05) is 0 Å². The number of aromatic amines is 1. The standard InChI is InChI=1S/C20H22ClN3O9/c1-10-7-23(19(27)22-18(10)26)17-6-15(16(8-25)32-17)33-20(28)31-9-11(2)13-5-12(21)3-4-14(13)24(29)30/h3-5,7,11,15-17,25H,6,8-9H2,1-2H3,(H,22,26,27)/t11?,15?,16-,17-/m1/s1. The molecule has 0 spiro atoms. The molecule has 3 rings (SSSR count). The Kier molecular flexibility index (Phi) is 7.51. The highest BCUT2D eigenvalue weighted by atomic mass is 35.5. The molecule has 0 saturated carbocycles. The zero-order valence-electron chi connectivity index (χ0n) is 17.7. The molecule has 178 valence electrons. The molecular formula is C20H22ClN3O9. The van der Waals surface area contributed by atoms with Gasteiger partial charge in [-0.2, -0.15) is 0 Å². The first-order valence-electron chi connectivity index (χ1n) is 9.96. The average molecular weight is 484 g/mol. The van der Waals surface area contributed by atoms with Gasteiger partial charge in [0, 0.05) is 40.8 Å². The average Bonchev–Trinajstić information content (AvgIpc) is 3.16. The fourth-order valence-corrected chi connectivity index (χ4v) is 3.67. The SMILES string of the molecule is Cc1cn([C@H]2CC(OC(=O)OCC(C)c3cc(Cl)ccc3[N+](=O)[O-])[C@@H](CO)O2)c(=O)[nH]c1=O. The second-order valence-corrected chi connectivity index (χ2v) is 8.04. The summed E-state index contributed by atoms with van der Waals surface area (Å²) in [6, 6.07) is 4.10. The summed E-state index contributed by atoms with van der Waals surface area (Å²) < 4.78 is 17.1. The summed E-state index contributed by atoms with van der Waals surface area (Å²) in [7, 11) is 0. The van der Waals surface area contributed by atoms with Gasteiger partial charge < -0.3 is 19.3 Å². The van der Waals surface area contributed by atoms with Crippen LogP contribution in [0.1, 0.15) is 36.6 Å². The van der Waals surface area contributed by atoms with E-state index < -0.39 is 53.3 Å². The van der Waals surface area contributed by atoms with Crippen molar-refractivity contribution in [1.82, 2.24) is 9.55 Å². The molecule has 12 nitrogen and oxygen atoms in total. The molecule has 2 aromatic rings. The first-order chi connectivity index (χ1) is 15.6. The molecule has 33 heavy (non-hydrogen) atoms. The molecule has 1 fully saturated rings. The molecule has 1 saturated heterocycles. The van der Waals surface area contributed by atoms with Crippen LogP contribution in [-0.2, 0) is 14.2 Å². The van der Waals surface area contributed by atoms with Crippen LogP contribution in [0, 0.1) is 17.0 Å². The van der Waals surface area contributed by atoms with Gasteiger partial charge in [0.15, 0.2) is 0 Å². The monoisotopic (exact) mass is 483 g/mol. The van der Waals surface area contributed by atoms with Crippen LogP contribution in [0.4, 0.5) is 10.5 Å². The van der Waals surface area contributed by atoms with Crippen LogP contribution < -0.4 is 11.2 Å². The summed E-state index contributed by atoms with van der Waals surface area (Å²) in [5.41, 5.74) is -0.805. The Balaban J connectivity index is 1.64. The van der Waals surface area contributed by atoms with E-state index in [1.54, 1.807) is 6.92 Å². The van der Waals surface area contributed by atoms with Crippen LogP contribution in [0.15, 0.2) is 34.0 Å². The maximum Gasteiger partial charge on any atom is 0.508 e. The van der Waals surface area contributed by atoms with Crippen LogP contribution in [0.5, 0.6) is 0 Å². The second-order valence-electron chi connectivity index (χ2n) is 7.60. The maximum absolute atomic E-state index is 12.2. The van der Waals surface area contributed by atoms with Crippen molar-refractivity contribution < 1.29 is 29.0 Å². The van der Waals surface area contributed by atoms with E-state index in [2.05, 4.69) is 4.98 Å². The molecule has 0 bridgehead atoms. The quantitative estimate of drug-likeness (QED) is 0.340. The number of nitrogens with zero attached hydrogens (tertiary/aromatic N) is 2. The molecule has 13 heteroatoms. The van der Waals surface area contributed by atoms with E-state index in [4.69, 9.17) is 25.8 Å².